The summed E-state index contributed by atoms with van der Waals surface area (Å²) in [5.41, 5.74) is 11.3. The molecule has 10 heteroatoms. The van der Waals surface area contributed by atoms with E-state index in [-0.39, 0.29) is 29.8 Å². The smallest absolute Gasteiger partial charge is 0.324 e. The van der Waals surface area contributed by atoms with Gasteiger partial charge in [0.1, 0.15) is 5.82 Å². The second kappa shape index (κ2) is 13.9. The number of benzene rings is 3. The van der Waals surface area contributed by atoms with Crippen molar-refractivity contribution in [3.8, 4) is 5.69 Å². The zero-order valence-electron chi connectivity index (χ0n) is 27.0. The number of aryl methyl sites for hydroxylation is 1. The third-order valence-electron chi connectivity index (χ3n) is 8.27. The van der Waals surface area contributed by atoms with Gasteiger partial charge in [-0.3, -0.25) is 14.9 Å². The lowest BCUT2D eigenvalue weighted by Gasteiger charge is -2.32. The van der Waals surface area contributed by atoms with Crippen molar-refractivity contribution in [2.75, 3.05) is 36.0 Å². The topological polar surface area (TPSA) is 134 Å². The summed E-state index contributed by atoms with van der Waals surface area (Å²) >= 11 is 0. The summed E-state index contributed by atoms with van der Waals surface area (Å²) in [6, 6.07) is 24.1. The molecule has 4 amide bonds. The monoisotopic (exact) mass is 621 g/mol. The number of aromatic nitrogens is 2. The SMILES string of the molecule is Cc1ccc(-n2nc(C(C)(C)C)cc2NC(=O)Nc2ccc(CC3CCN(C(=O)CNC(=O)c4ccc(N)cc4)CC3)cc2)cc1. The number of anilines is 3. The van der Waals surface area contributed by atoms with Crippen LogP contribution in [0.2, 0.25) is 0 Å². The Kier molecular flexibility index (Phi) is 9.75. The van der Waals surface area contributed by atoms with Crippen LogP contribution in [0.1, 0.15) is 60.8 Å². The van der Waals surface area contributed by atoms with Crippen molar-refractivity contribution in [2.45, 2.75) is 52.4 Å². The standard InChI is InChI=1S/C36H43N7O3/c1-24-5-15-30(16-6-24)43-32(22-31(41-43)36(2,3)4)40-35(46)39-29-13-7-25(8-14-29)21-26-17-19-42(20-18-26)33(44)23-38-34(45)27-9-11-28(37)12-10-27/h5-16,22,26H,17-21,23,37H2,1-4H3,(H,38,45)(H2,39,40,46). The number of hydrogen-bond acceptors (Lipinski definition) is 5. The maximum atomic E-state index is 13.0. The van der Waals surface area contributed by atoms with Crippen LogP contribution in [0.5, 0.6) is 0 Å². The summed E-state index contributed by atoms with van der Waals surface area (Å²) in [4.78, 5) is 39.8. The molecule has 0 unspecified atom stereocenters. The Morgan fingerprint density at radius 3 is 2.17 bits per heavy atom. The Labute approximate surface area is 270 Å². The van der Waals surface area contributed by atoms with Crippen molar-refractivity contribution >= 4 is 35.0 Å². The fourth-order valence-corrected chi connectivity index (χ4v) is 5.45. The van der Waals surface area contributed by atoms with Crippen molar-refractivity contribution < 1.29 is 14.4 Å². The molecule has 5 rings (SSSR count). The maximum absolute atomic E-state index is 13.0. The molecule has 3 aromatic carbocycles. The van der Waals surface area contributed by atoms with Gasteiger partial charge < -0.3 is 21.3 Å². The van der Waals surface area contributed by atoms with Crippen LogP contribution >= 0.6 is 0 Å². The van der Waals surface area contributed by atoms with Gasteiger partial charge in [-0.2, -0.15) is 5.10 Å². The van der Waals surface area contributed by atoms with Gasteiger partial charge in [0, 0.05) is 41.5 Å². The number of carbonyl (C=O) groups excluding carboxylic acids is 3. The molecule has 0 saturated carbocycles. The van der Waals surface area contributed by atoms with Crippen LogP contribution < -0.4 is 21.7 Å². The van der Waals surface area contributed by atoms with Gasteiger partial charge in [-0.25, -0.2) is 9.48 Å². The molecule has 46 heavy (non-hydrogen) atoms. The number of amides is 4. The van der Waals surface area contributed by atoms with Gasteiger partial charge in [0.2, 0.25) is 5.91 Å². The number of nitrogens with zero attached hydrogens (tertiary/aromatic N) is 3. The van der Waals surface area contributed by atoms with E-state index in [1.807, 2.05) is 66.4 Å². The van der Waals surface area contributed by atoms with E-state index >= 15 is 0 Å². The van der Waals surface area contributed by atoms with Crippen LogP contribution in [0.4, 0.5) is 22.0 Å². The number of likely N-dealkylation sites (tertiary alicyclic amines) is 1. The zero-order valence-corrected chi connectivity index (χ0v) is 27.0. The largest absolute Gasteiger partial charge is 0.399 e. The first kappa shape index (κ1) is 32.3. The highest BCUT2D eigenvalue weighted by molar-refractivity contribution is 5.99. The maximum Gasteiger partial charge on any atom is 0.324 e. The summed E-state index contributed by atoms with van der Waals surface area (Å²) in [5, 5.41) is 13.4. The van der Waals surface area contributed by atoms with E-state index in [4.69, 9.17) is 10.8 Å². The van der Waals surface area contributed by atoms with Crippen LogP contribution in [-0.4, -0.2) is 52.2 Å². The molecular weight excluding hydrogens is 578 g/mol. The molecule has 2 heterocycles. The molecule has 1 aromatic heterocycles. The molecule has 0 bridgehead atoms. The zero-order chi connectivity index (χ0) is 32.8. The van der Waals surface area contributed by atoms with Gasteiger partial charge in [-0.15, -0.1) is 0 Å². The highest BCUT2D eigenvalue weighted by Gasteiger charge is 2.24. The number of nitrogens with two attached hydrogens (primary N) is 1. The van der Waals surface area contributed by atoms with E-state index in [0.29, 0.717) is 41.8 Å². The Bertz CT molecular complexity index is 1660. The van der Waals surface area contributed by atoms with E-state index in [0.717, 1.165) is 36.2 Å². The third-order valence-corrected chi connectivity index (χ3v) is 8.27. The Hall–Kier alpha value is -5.12. The van der Waals surface area contributed by atoms with Gasteiger partial charge in [0.05, 0.1) is 17.9 Å². The summed E-state index contributed by atoms with van der Waals surface area (Å²) in [5.74, 6) is 0.682. The summed E-state index contributed by atoms with van der Waals surface area (Å²) in [6.45, 7) is 9.62. The second-order valence-corrected chi connectivity index (χ2v) is 13.0. The lowest BCUT2D eigenvalue weighted by atomic mass is 9.90. The Balaban J connectivity index is 1.10. The van der Waals surface area contributed by atoms with E-state index in [2.05, 4.69) is 36.7 Å². The van der Waals surface area contributed by atoms with Crippen molar-refractivity contribution in [3.63, 3.8) is 0 Å². The molecule has 5 N–H and O–H groups in total. The van der Waals surface area contributed by atoms with Gasteiger partial charge in [0.15, 0.2) is 0 Å². The van der Waals surface area contributed by atoms with Gasteiger partial charge in [0.25, 0.3) is 5.91 Å². The fraction of sp³-hybridized carbons (Fsp3) is 0.333. The quantitative estimate of drug-likeness (QED) is 0.181. The molecule has 1 fully saturated rings. The predicted octanol–water partition coefficient (Wildman–Crippen LogP) is 5.92. The van der Waals surface area contributed by atoms with Crippen molar-refractivity contribution in [2.24, 2.45) is 5.92 Å². The molecule has 1 aliphatic rings. The van der Waals surface area contributed by atoms with Gasteiger partial charge in [-0.1, -0.05) is 50.6 Å². The normalized spacial score (nSPS) is 13.7. The first-order valence-electron chi connectivity index (χ1n) is 15.7. The summed E-state index contributed by atoms with van der Waals surface area (Å²) < 4.78 is 1.76. The second-order valence-electron chi connectivity index (χ2n) is 13.0. The lowest BCUT2D eigenvalue weighted by molar-refractivity contribution is -0.131. The highest BCUT2D eigenvalue weighted by atomic mass is 16.2. The molecule has 1 aliphatic heterocycles. The molecule has 0 aliphatic carbocycles. The van der Waals surface area contributed by atoms with Gasteiger partial charge in [-0.05, 0) is 86.2 Å². The number of urea groups is 1. The minimum absolute atomic E-state index is 0.0258. The molecule has 0 spiro atoms. The van der Waals surface area contributed by atoms with Crippen LogP contribution in [0.25, 0.3) is 5.69 Å². The third kappa shape index (κ3) is 8.32. The van der Waals surface area contributed by atoms with Crippen molar-refractivity contribution in [1.82, 2.24) is 20.0 Å². The number of carbonyl (C=O) groups is 3. The van der Waals surface area contributed by atoms with Crippen LogP contribution in [0, 0.1) is 12.8 Å². The summed E-state index contributed by atoms with van der Waals surface area (Å²) in [7, 11) is 0. The van der Waals surface area contributed by atoms with E-state index in [9.17, 15) is 14.4 Å². The molecule has 1 saturated heterocycles. The first-order chi connectivity index (χ1) is 21.9. The average Bonchev–Trinajstić information content (AvgIpc) is 3.46. The van der Waals surface area contributed by atoms with Crippen LogP contribution in [0.3, 0.4) is 0 Å². The summed E-state index contributed by atoms with van der Waals surface area (Å²) in [6.07, 6.45) is 2.68. The Morgan fingerprint density at radius 2 is 1.54 bits per heavy atom. The van der Waals surface area contributed by atoms with Crippen LogP contribution in [0.15, 0.2) is 78.9 Å². The number of piperidine rings is 1. The first-order valence-corrected chi connectivity index (χ1v) is 15.7. The molecular formula is C36H43N7O3. The number of hydrogen-bond donors (Lipinski definition) is 4. The highest BCUT2D eigenvalue weighted by Crippen LogP contribution is 2.27. The van der Waals surface area contributed by atoms with Crippen LogP contribution in [-0.2, 0) is 16.6 Å². The molecule has 10 nitrogen and oxygen atoms in total. The molecule has 0 radical (unpaired) electrons. The van der Waals surface area contributed by atoms with Crippen molar-refractivity contribution in [1.29, 1.82) is 0 Å². The van der Waals surface area contributed by atoms with Crippen molar-refractivity contribution in [3.05, 3.63) is 101 Å². The van der Waals surface area contributed by atoms with E-state index in [1.54, 1.807) is 28.9 Å². The number of rotatable bonds is 8. The minimum Gasteiger partial charge on any atom is -0.399 e. The molecule has 4 aromatic rings. The molecule has 0 atom stereocenters. The fourth-order valence-electron chi connectivity index (χ4n) is 5.45. The van der Waals surface area contributed by atoms with E-state index < -0.39 is 0 Å². The van der Waals surface area contributed by atoms with Gasteiger partial charge >= 0.3 is 6.03 Å². The predicted molar refractivity (Wildman–Crippen MR) is 182 cm³/mol. The number of nitrogens with one attached hydrogen (secondary N) is 3. The molecule has 240 valence electrons. The van der Waals surface area contributed by atoms with E-state index in [1.165, 1.54) is 5.56 Å². The Morgan fingerprint density at radius 1 is 0.891 bits per heavy atom. The lowest BCUT2D eigenvalue weighted by Crippen LogP contribution is -2.44. The minimum atomic E-state index is -0.344. The number of nitrogen functional groups attached to an aromatic ring is 1. The average molecular weight is 622 g/mol.